The second kappa shape index (κ2) is 6.63. The van der Waals surface area contributed by atoms with E-state index in [1.165, 1.54) is 0 Å². The molecule has 0 aliphatic carbocycles. The zero-order valence-corrected chi connectivity index (χ0v) is 14.2. The summed E-state index contributed by atoms with van der Waals surface area (Å²) >= 11 is 0. The fourth-order valence-corrected chi connectivity index (χ4v) is 3.51. The van der Waals surface area contributed by atoms with E-state index < -0.39 is 0 Å². The summed E-state index contributed by atoms with van der Waals surface area (Å²) in [6, 6.07) is 5.92. The van der Waals surface area contributed by atoms with Crippen LogP contribution in [0.2, 0.25) is 0 Å². The summed E-state index contributed by atoms with van der Waals surface area (Å²) in [4.78, 5) is 23.6. The molecular weight excluding hydrogens is 316 g/mol. The maximum atomic E-state index is 13.2. The van der Waals surface area contributed by atoms with E-state index in [1.54, 1.807) is 18.6 Å². The number of fused-ring (bicyclic) bond motifs is 1. The first-order chi connectivity index (χ1) is 12.2. The summed E-state index contributed by atoms with van der Waals surface area (Å²) in [6.07, 6.45) is 9.43. The number of aromatic nitrogens is 3. The monoisotopic (exact) mass is 336 g/mol. The molecule has 1 fully saturated rings. The Balaban J connectivity index is 1.70. The third-order valence-corrected chi connectivity index (χ3v) is 4.86. The molecule has 0 aromatic carbocycles. The van der Waals surface area contributed by atoms with Gasteiger partial charge in [0, 0.05) is 25.1 Å². The number of carbonyl (C=O) groups excluding carboxylic acids is 1. The van der Waals surface area contributed by atoms with Crippen LogP contribution in [0.25, 0.3) is 11.1 Å². The van der Waals surface area contributed by atoms with Gasteiger partial charge in [0.15, 0.2) is 0 Å². The molecule has 0 N–H and O–H groups in total. The van der Waals surface area contributed by atoms with Crippen LogP contribution >= 0.6 is 0 Å². The van der Waals surface area contributed by atoms with Gasteiger partial charge in [-0.05, 0) is 43.5 Å². The highest BCUT2D eigenvalue weighted by Gasteiger charge is 2.28. The second-order valence-electron chi connectivity index (χ2n) is 6.49. The molecule has 1 aliphatic heterocycles. The number of carbonyl (C=O) groups is 1. The van der Waals surface area contributed by atoms with Crippen molar-refractivity contribution in [2.75, 3.05) is 6.54 Å². The lowest BCUT2D eigenvalue weighted by Gasteiger charge is -2.30. The van der Waals surface area contributed by atoms with Gasteiger partial charge in [-0.2, -0.15) is 0 Å². The van der Waals surface area contributed by atoms with E-state index in [-0.39, 0.29) is 11.9 Å². The molecule has 6 heteroatoms. The van der Waals surface area contributed by atoms with Crippen LogP contribution in [-0.2, 0) is 0 Å². The van der Waals surface area contributed by atoms with Crippen molar-refractivity contribution in [3.05, 3.63) is 53.6 Å². The maximum absolute atomic E-state index is 13.2. The lowest BCUT2D eigenvalue weighted by molar-refractivity contribution is 0.0680. The summed E-state index contributed by atoms with van der Waals surface area (Å²) < 4.78 is 5.15. The third-order valence-electron chi connectivity index (χ3n) is 4.86. The SMILES string of the molecule is Cc1noc2ncc(C(=O)N3CCCCCC3c3ccncc3)cc12. The van der Waals surface area contributed by atoms with Crippen LogP contribution in [0.4, 0.5) is 0 Å². The first kappa shape index (κ1) is 15.7. The van der Waals surface area contributed by atoms with E-state index in [1.807, 2.05) is 30.0 Å². The summed E-state index contributed by atoms with van der Waals surface area (Å²) in [5.41, 5.74) is 2.94. The standard InChI is InChI=1S/C19H20N4O2/c1-13-16-11-15(12-21-18(16)25-22-13)19(24)23-10-4-2-3-5-17(23)14-6-8-20-9-7-14/h6-9,11-12,17H,2-5,10H2,1H3. The number of hydrogen-bond acceptors (Lipinski definition) is 5. The minimum Gasteiger partial charge on any atom is -0.336 e. The van der Waals surface area contributed by atoms with E-state index in [0.717, 1.165) is 48.9 Å². The van der Waals surface area contributed by atoms with Crippen LogP contribution in [0.1, 0.15) is 53.3 Å². The molecule has 0 spiro atoms. The topological polar surface area (TPSA) is 72.1 Å². The molecule has 4 heterocycles. The van der Waals surface area contributed by atoms with Gasteiger partial charge in [0.1, 0.15) is 0 Å². The number of nitrogens with zero attached hydrogens (tertiary/aromatic N) is 4. The van der Waals surface area contributed by atoms with E-state index >= 15 is 0 Å². The Morgan fingerprint density at radius 1 is 1.24 bits per heavy atom. The van der Waals surface area contributed by atoms with E-state index in [4.69, 9.17) is 4.52 Å². The van der Waals surface area contributed by atoms with Gasteiger partial charge in [-0.25, -0.2) is 4.98 Å². The molecule has 128 valence electrons. The predicted molar refractivity (Wildman–Crippen MR) is 93.0 cm³/mol. The Bertz CT molecular complexity index is 891. The van der Waals surface area contributed by atoms with Gasteiger partial charge < -0.3 is 9.42 Å². The van der Waals surface area contributed by atoms with Crippen LogP contribution in [0, 0.1) is 6.92 Å². The fourth-order valence-electron chi connectivity index (χ4n) is 3.51. The van der Waals surface area contributed by atoms with Crippen LogP contribution in [0.15, 0.2) is 41.3 Å². The average Bonchev–Trinajstić information content (AvgIpc) is 2.87. The molecule has 0 radical (unpaired) electrons. The normalized spacial score (nSPS) is 18.3. The summed E-state index contributed by atoms with van der Waals surface area (Å²) in [5, 5.41) is 4.71. The van der Waals surface area contributed by atoms with Crippen LogP contribution < -0.4 is 0 Å². The van der Waals surface area contributed by atoms with Crippen molar-refractivity contribution in [3.63, 3.8) is 0 Å². The Labute approximate surface area is 145 Å². The molecule has 1 saturated heterocycles. The first-order valence-electron chi connectivity index (χ1n) is 8.67. The summed E-state index contributed by atoms with van der Waals surface area (Å²) in [5.74, 6) is 0.0127. The van der Waals surface area contributed by atoms with Gasteiger partial charge in [0.05, 0.1) is 22.7 Å². The van der Waals surface area contributed by atoms with Gasteiger partial charge in [-0.3, -0.25) is 9.78 Å². The van der Waals surface area contributed by atoms with Crippen molar-refractivity contribution in [1.29, 1.82) is 0 Å². The molecule has 1 amide bonds. The van der Waals surface area contributed by atoms with Gasteiger partial charge in [-0.1, -0.05) is 18.0 Å². The molecule has 3 aromatic heterocycles. The molecular formula is C19H20N4O2. The quantitative estimate of drug-likeness (QED) is 0.714. The molecule has 0 bridgehead atoms. The molecule has 1 aliphatic rings. The number of rotatable bonds is 2. The van der Waals surface area contributed by atoms with Crippen LogP contribution in [-0.4, -0.2) is 32.5 Å². The first-order valence-corrected chi connectivity index (χ1v) is 8.67. The number of amides is 1. The predicted octanol–water partition coefficient (Wildman–Crippen LogP) is 3.68. The van der Waals surface area contributed by atoms with Crippen molar-refractivity contribution >= 4 is 17.0 Å². The zero-order chi connectivity index (χ0) is 17.2. The lowest BCUT2D eigenvalue weighted by atomic mass is 10.0. The molecule has 6 nitrogen and oxygen atoms in total. The largest absolute Gasteiger partial charge is 0.336 e. The minimum atomic E-state index is 0.0127. The van der Waals surface area contributed by atoms with Crippen molar-refractivity contribution in [2.45, 2.75) is 38.6 Å². The number of hydrogen-bond donors (Lipinski definition) is 0. The van der Waals surface area contributed by atoms with Crippen molar-refractivity contribution in [3.8, 4) is 0 Å². The average molecular weight is 336 g/mol. The highest BCUT2D eigenvalue weighted by atomic mass is 16.5. The van der Waals surface area contributed by atoms with Gasteiger partial charge in [0.2, 0.25) is 0 Å². The fraction of sp³-hybridized carbons (Fsp3) is 0.368. The second-order valence-corrected chi connectivity index (χ2v) is 6.49. The van der Waals surface area contributed by atoms with E-state index in [0.29, 0.717) is 11.3 Å². The molecule has 1 atom stereocenters. The lowest BCUT2D eigenvalue weighted by Crippen LogP contribution is -2.34. The smallest absolute Gasteiger partial charge is 0.257 e. The number of likely N-dealkylation sites (tertiary alicyclic amines) is 1. The van der Waals surface area contributed by atoms with Crippen LogP contribution in [0.3, 0.4) is 0 Å². The molecule has 4 rings (SSSR count). The van der Waals surface area contributed by atoms with Crippen molar-refractivity contribution in [2.24, 2.45) is 0 Å². The van der Waals surface area contributed by atoms with E-state index in [9.17, 15) is 4.79 Å². The summed E-state index contributed by atoms with van der Waals surface area (Å²) in [6.45, 7) is 2.61. The van der Waals surface area contributed by atoms with Gasteiger partial charge in [-0.15, -0.1) is 0 Å². The van der Waals surface area contributed by atoms with E-state index in [2.05, 4.69) is 15.1 Å². The number of pyridine rings is 2. The Morgan fingerprint density at radius 3 is 2.92 bits per heavy atom. The molecule has 0 saturated carbocycles. The summed E-state index contributed by atoms with van der Waals surface area (Å²) in [7, 11) is 0. The van der Waals surface area contributed by atoms with Gasteiger partial charge in [0.25, 0.3) is 11.6 Å². The van der Waals surface area contributed by atoms with Crippen LogP contribution in [0.5, 0.6) is 0 Å². The molecule has 25 heavy (non-hydrogen) atoms. The van der Waals surface area contributed by atoms with Crippen molar-refractivity contribution in [1.82, 2.24) is 20.0 Å². The Hall–Kier alpha value is -2.76. The minimum absolute atomic E-state index is 0.0127. The molecule has 1 unspecified atom stereocenters. The highest BCUT2D eigenvalue weighted by molar-refractivity contribution is 5.97. The molecule has 3 aromatic rings. The maximum Gasteiger partial charge on any atom is 0.257 e. The third kappa shape index (κ3) is 2.99. The zero-order valence-electron chi connectivity index (χ0n) is 14.2. The van der Waals surface area contributed by atoms with Gasteiger partial charge >= 0.3 is 0 Å². The number of aryl methyl sites for hydroxylation is 1. The Kier molecular flexibility index (Phi) is 4.17. The highest BCUT2D eigenvalue weighted by Crippen LogP contribution is 2.31. The Morgan fingerprint density at radius 2 is 2.08 bits per heavy atom. The van der Waals surface area contributed by atoms with Crippen molar-refractivity contribution < 1.29 is 9.32 Å².